The number of carbonyl (C=O) groups is 1. The summed E-state index contributed by atoms with van der Waals surface area (Å²) < 4.78 is 1.92. The predicted molar refractivity (Wildman–Crippen MR) is 87.6 cm³/mol. The van der Waals surface area contributed by atoms with Gasteiger partial charge < -0.3 is 11.1 Å². The van der Waals surface area contributed by atoms with Crippen molar-refractivity contribution in [3.63, 3.8) is 0 Å². The van der Waals surface area contributed by atoms with E-state index in [1.165, 1.54) is 0 Å². The molecule has 19 heavy (non-hydrogen) atoms. The monoisotopic (exact) mass is 410 g/mol. The van der Waals surface area contributed by atoms with Gasteiger partial charge in [-0.2, -0.15) is 0 Å². The van der Waals surface area contributed by atoms with Gasteiger partial charge in [-0.15, -0.1) is 12.4 Å². The molecule has 0 spiro atoms. The highest BCUT2D eigenvalue weighted by Gasteiger charge is 2.18. The van der Waals surface area contributed by atoms with Crippen molar-refractivity contribution in [1.29, 1.82) is 0 Å². The zero-order valence-corrected chi connectivity index (χ0v) is 14.4. The number of anilines is 1. The van der Waals surface area contributed by atoms with Crippen molar-refractivity contribution >= 4 is 55.7 Å². The molecule has 2 rings (SSSR count). The molecule has 0 unspecified atom stereocenters. The summed E-state index contributed by atoms with van der Waals surface area (Å²) in [5, 5.41) is 3.48. The molecule has 1 saturated carbocycles. The number of halogens is 3. The molecule has 3 N–H and O–H groups in total. The molecule has 0 radical (unpaired) electrons. The van der Waals surface area contributed by atoms with Crippen LogP contribution in [0.1, 0.15) is 31.2 Å². The molecular weight excluding hydrogens is 395 g/mol. The van der Waals surface area contributed by atoms with Gasteiger partial charge in [-0.3, -0.25) is 4.79 Å². The Bertz CT molecular complexity index is 458. The summed E-state index contributed by atoms with van der Waals surface area (Å²) >= 11 is 6.91. The van der Waals surface area contributed by atoms with E-state index in [-0.39, 0.29) is 12.4 Å². The normalized spacial score (nSPS) is 16.2. The molecule has 0 aromatic heterocycles. The Morgan fingerprint density at radius 2 is 1.89 bits per heavy atom. The molecule has 0 heterocycles. The molecule has 0 atom stereocenters. The van der Waals surface area contributed by atoms with E-state index in [0.717, 1.165) is 39.6 Å². The number of nitrogens with one attached hydrogen (secondary N) is 1. The molecule has 1 aliphatic rings. The van der Waals surface area contributed by atoms with Gasteiger partial charge in [-0.1, -0.05) is 15.9 Å². The second-order valence-electron chi connectivity index (χ2n) is 4.65. The van der Waals surface area contributed by atoms with E-state index >= 15 is 0 Å². The Kier molecular flexibility index (Phi) is 6.80. The number of nitrogens with two attached hydrogens (primary N) is 1. The van der Waals surface area contributed by atoms with Gasteiger partial charge in [0.05, 0.1) is 5.69 Å². The lowest BCUT2D eigenvalue weighted by atomic mass is 9.94. The zero-order chi connectivity index (χ0) is 13.1. The van der Waals surface area contributed by atoms with Crippen molar-refractivity contribution in [3.8, 4) is 0 Å². The highest BCUT2D eigenvalue weighted by Crippen LogP contribution is 2.28. The maximum Gasteiger partial charge on any atom is 0.133 e. The minimum Gasteiger partial charge on any atom is -0.398 e. The van der Waals surface area contributed by atoms with E-state index in [0.29, 0.717) is 24.7 Å². The fourth-order valence-corrected chi connectivity index (χ4v) is 3.50. The lowest BCUT2D eigenvalue weighted by Crippen LogP contribution is -2.33. The smallest absolute Gasteiger partial charge is 0.133 e. The fraction of sp³-hybridized carbons (Fsp3) is 0.462. The number of ketones is 1. The molecular formula is C13H17Br2ClN2O. The number of nitrogen functional groups attached to an aromatic ring is 1. The van der Waals surface area contributed by atoms with Gasteiger partial charge in [0, 0.05) is 34.4 Å². The lowest BCUT2D eigenvalue weighted by Gasteiger charge is -2.22. The maximum absolute atomic E-state index is 11.2. The van der Waals surface area contributed by atoms with Crippen molar-refractivity contribution in [3.05, 3.63) is 26.6 Å². The van der Waals surface area contributed by atoms with E-state index in [2.05, 4.69) is 37.2 Å². The highest BCUT2D eigenvalue weighted by molar-refractivity contribution is 9.11. The van der Waals surface area contributed by atoms with E-state index in [1.807, 2.05) is 12.1 Å². The van der Waals surface area contributed by atoms with Crippen LogP contribution in [-0.2, 0) is 11.3 Å². The summed E-state index contributed by atoms with van der Waals surface area (Å²) in [6.45, 7) is 0.739. The van der Waals surface area contributed by atoms with Crippen LogP contribution in [0.15, 0.2) is 21.1 Å². The number of rotatable bonds is 3. The Labute approximate surface area is 136 Å². The van der Waals surface area contributed by atoms with Crippen LogP contribution in [-0.4, -0.2) is 11.8 Å². The average Bonchev–Trinajstić information content (AvgIpc) is 2.34. The first-order chi connectivity index (χ1) is 8.56. The second kappa shape index (κ2) is 7.62. The standard InChI is InChI=1S/C13H16Br2N2O.ClH/c14-9-5-8(13(16)12(15)6-9)7-17-10-1-3-11(18)4-2-10;/h5-6,10,17H,1-4,7,16H2;1H. The van der Waals surface area contributed by atoms with Gasteiger partial charge >= 0.3 is 0 Å². The summed E-state index contributed by atoms with van der Waals surface area (Å²) in [6.07, 6.45) is 3.28. The minimum absolute atomic E-state index is 0. The average molecular weight is 413 g/mol. The van der Waals surface area contributed by atoms with E-state index in [1.54, 1.807) is 0 Å². The summed E-state index contributed by atoms with van der Waals surface area (Å²) in [5.74, 6) is 0.387. The third kappa shape index (κ3) is 4.74. The summed E-state index contributed by atoms with van der Waals surface area (Å²) in [7, 11) is 0. The molecule has 3 nitrogen and oxygen atoms in total. The quantitative estimate of drug-likeness (QED) is 0.742. The SMILES string of the molecule is Cl.Nc1c(Br)cc(Br)cc1CNC1CCC(=O)CC1. The van der Waals surface area contributed by atoms with Crippen LogP contribution in [0.25, 0.3) is 0 Å². The van der Waals surface area contributed by atoms with Crippen molar-refractivity contribution in [1.82, 2.24) is 5.32 Å². The first kappa shape index (κ1) is 17.0. The lowest BCUT2D eigenvalue weighted by molar-refractivity contribution is -0.120. The number of hydrogen-bond acceptors (Lipinski definition) is 3. The minimum atomic E-state index is 0. The summed E-state index contributed by atoms with van der Waals surface area (Å²) in [6, 6.07) is 4.40. The van der Waals surface area contributed by atoms with Crippen LogP contribution >= 0.6 is 44.3 Å². The first-order valence-corrected chi connectivity index (χ1v) is 7.63. The van der Waals surface area contributed by atoms with Crippen LogP contribution in [0.5, 0.6) is 0 Å². The van der Waals surface area contributed by atoms with Gasteiger partial charge in [0.1, 0.15) is 5.78 Å². The number of carbonyl (C=O) groups excluding carboxylic acids is 1. The summed E-state index contributed by atoms with van der Waals surface area (Å²) in [4.78, 5) is 11.2. The molecule has 1 aromatic rings. The number of benzene rings is 1. The van der Waals surface area contributed by atoms with Crippen molar-refractivity contribution < 1.29 is 4.79 Å². The van der Waals surface area contributed by atoms with Gasteiger partial charge in [0.2, 0.25) is 0 Å². The third-order valence-electron chi connectivity index (χ3n) is 3.30. The van der Waals surface area contributed by atoms with E-state index in [4.69, 9.17) is 5.73 Å². The molecule has 1 fully saturated rings. The topological polar surface area (TPSA) is 55.1 Å². The molecule has 0 amide bonds. The van der Waals surface area contributed by atoms with Crippen molar-refractivity contribution in [2.75, 3.05) is 5.73 Å². The Morgan fingerprint density at radius 3 is 2.53 bits per heavy atom. The third-order valence-corrected chi connectivity index (χ3v) is 4.42. The Hall–Kier alpha value is -0.100. The van der Waals surface area contributed by atoms with Crippen LogP contribution in [0.4, 0.5) is 5.69 Å². The van der Waals surface area contributed by atoms with Gasteiger partial charge in [0.25, 0.3) is 0 Å². The molecule has 6 heteroatoms. The van der Waals surface area contributed by atoms with Gasteiger partial charge in [-0.05, 0) is 46.5 Å². The largest absolute Gasteiger partial charge is 0.398 e. The van der Waals surface area contributed by atoms with Crippen LogP contribution in [0.2, 0.25) is 0 Å². The Balaban J connectivity index is 0.00000180. The molecule has 1 aromatic carbocycles. The number of hydrogen-bond donors (Lipinski definition) is 2. The molecule has 0 saturated heterocycles. The van der Waals surface area contributed by atoms with Crippen molar-refractivity contribution in [2.45, 2.75) is 38.3 Å². The zero-order valence-electron chi connectivity index (χ0n) is 10.4. The number of Topliss-reactive ketones (excluding diaryl/α,β-unsaturated/α-hetero) is 1. The van der Waals surface area contributed by atoms with Crippen LogP contribution in [0.3, 0.4) is 0 Å². The maximum atomic E-state index is 11.2. The van der Waals surface area contributed by atoms with Gasteiger partial charge in [0.15, 0.2) is 0 Å². The molecule has 0 aliphatic heterocycles. The second-order valence-corrected chi connectivity index (χ2v) is 6.42. The molecule has 106 valence electrons. The molecule has 0 bridgehead atoms. The highest BCUT2D eigenvalue weighted by atomic mass is 79.9. The predicted octanol–water partition coefficient (Wildman–Crippen LogP) is 3.82. The van der Waals surface area contributed by atoms with Crippen LogP contribution in [0, 0.1) is 0 Å². The Morgan fingerprint density at radius 1 is 1.26 bits per heavy atom. The van der Waals surface area contributed by atoms with Crippen molar-refractivity contribution in [2.24, 2.45) is 0 Å². The van der Waals surface area contributed by atoms with Gasteiger partial charge in [-0.25, -0.2) is 0 Å². The van der Waals surface area contributed by atoms with E-state index in [9.17, 15) is 4.79 Å². The molecule has 1 aliphatic carbocycles. The summed E-state index contributed by atoms with van der Waals surface area (Å²) in [5.41, 5.74) is 7.88. The first-order valence-electron chi connectivity index (χ1n) is 6.04. The fourth-order valence-electron chi connectivity index (χ4n) is 2.18. The van der Waals surface area contributed by atoms with Crippen LogP contribution < -0.4 is 11.1 Å². The van der Waals surface area contributed by atoms with E-state index < -0.39 is 0 Å².